The van der Waals surface area contributed by atoms with Gasteiger partial charge in [0.05, 0.1) is 11.5 Å². The Morgan fingerprint density at radius 3 is 2.43 bits per heavy atom. The Balaban J connectivity index is 1.40. The third-order valence-electron chi connectivity index (χ3n) is 6.42. The van der Waals surface area contributed by atoms with Gasteiger partial charge < -0.3 is 15.5 Å². The maximum atomic E-state index is 13.2. The second kappa shape index (κ2) is 8.05. The van der Waals surface area contributed by atoms with E-state index in [-0.39, 0.29) is 17.9 Å². The molecular weight excluding hydrogens is 398 g/mol. The standard InChI is InChI=1S/C24H28ClN3O2/c1-24(2)19-5-3-4-6-21(19)28(23(24)30)18-11-13-27(14-12-18)22(29)20(26)15-16-7-9-17(25)10-8-16/h3-10,18,20H,11-15,26H2,1-2H3/t20-/m0/s1. The van der Waals surface area contributed by atoms with E-state index >= 15 is 0 Å². The van der Waals surface area contributed by atoms with Crippen molar-refractivity contribution in [2.24, 2.45) is 5.73 Å². The van der Waals surface area contributed by atoms with Crippen LogP contribution in [-0.2, 0) is 21.4 Å². The van der Waals surface area contributed by atoms with E-state index in [0.717, 1.165) is 29.7 Å². The summed E-state index contributed by atoms with van der Waals surface area (Å²) in [7, 11) is 0. The predicted octanol–water partition coefficient (Wildman–Crippen LogP) is 3.53. The Labute approximate surface area is 182 Å². The van der Waals surface area contributed by atoms with Crippen LogP contribution in [0.2, 0.25) is 5.02 Å². The number of halogens is 1. The summed E-state index contributed by atoms with van der Waals surface area (Å²) in [6.07, 6.45) is 2.01. The lowest BCUT2D eigenvalue weighted by Gasteiger charge is -2.38. The molecule has 0 bridgehead atoms. The van der Waals surface area contributed by atoms with Gasteiger partial charge in [0.1, 0.15) is 0 Å². The lowest BCUT2D eigenvalue weighted by Crippen LogP contribution is -2.53. The number of rotatable bonds is 4. The third kappa shape index (κ3) is 3.72. The van der Waals surface area contributed by atoms with Crippen LogP contribution in [0.3, 0.4) is 0 Å². The molecule has 2 aliphatic rings. The van der Waals surface area contributed by atoms with Gasteiger partial charge in [-0.1, -0.05) is 41.9 Å². The molecule has 0 radical (unpaired) electrons. The Hall–Kier alpha value is -2.37. The first-order valence-electron chi connectivity index (χ1n) is 10.5. The van der Waals surface area contributed by atoms with Gasteiger partial charge >= 0.3 is 0 Å². The van der Waals surface area contributed by atoms with Crippen molar-refractivity contribution in [3.05, 3.63) is 64.7 Å². The molecule has 5 nitrogen and oxygen atoms in total. The minimum absolute atomic E-state index is 0.0307. The molecule has 158 valence electrons. The first kappa shape index (κ1) is 20.9. The third-order valence-corrected chi connectivity index (χ3v) is 6.67. The summed E-state index contributed by atoms with van der Waals surface area (Å²) in [5.41, 5.74) is 8.79. The highest BCUT2D eigenvalue weighted by Gasteiger charge is 2.46. The quantitative estimate of drug-likeness (QED) is 0.814. The number of benzene rings is 2. The van der Waals surface area contributed by atoms with Crippen molar-refractivity contribution in [1.29, 1.82) is 0 Å². The fourth-order valence-electron chi connectivity index (χ4n) is 4.64. The topological polar surface area (TPSA) is 66.6 Å². The van der Waals surface area contributed by atoms with Crippen LogP contribution in [0.25, 0.3) is 0 Å². The zero-order valence-electron chi connectivity index (χ0n) is 17.5. The summed E-state index contributed by atoms with van der Waals surface area (Å²) >= 11 is 5.93. The molecule has 2 heterocycles. The Bertz CT molecular complexity index is 949. The molecule has 2 aromatic carbocycles. The first-order chi connectivity index (χ1) is 14.3. The molecule has 2 amide bonds. The maximum Gasteiger partial charge on any atom is 0.239 e. The molecule has 2 aliphatic heterocycles. The fourth-order valence-corrected chi connectivity index (χ4v) is 4.77. The lowest BCUT2D eigenvalue weighted by molar-refractivity contribution is -0.133. The largest absolute Gasteiger partial charge is 0.341 e. The second-order valence-electron chi connectivity index (χ2n) is 8.81. The van der Waals surface area contributed by atoms with E-state index in [1.165, 1.54) is 0 Å². The number of hydrogen-bond acceptors (Lipinski definition) is 3. The highest BCUT2D eigenvalue weighted by molar-refractivity contribution is 6.30. The van der Waals surface area contributed by atoms with Gasteiger partial charge in [-0.3, -0.25) is 9.59 Å². The summed E-state index contributed by atoms with van der Waals surface area (Å²) in [5.74, 6) is 0.116. The Morgan fingerprint density at radius 2 is 1.77 bits per heavy atom. The minimum atomic E-state index is -0.573. The van der Waals surface area contributed by atoms with Gasteiger partial charge in [0.15, 0.2) is 0 Å². The summed E-state index contributed by atoms with van der Waals surface area (Å²) < 4.78 is 0. The van der Waals surface area contributed by atoms with Crippen molar-refractivity contribution >= 4 is 29.1 Å². The molecule has 2 aromatic rings. The van der Waals surface area contributed by atoms with Crippen LogP contribution in [0.1, 0.15) is 37.8 Å². The van der Waals surface area contributed by atoms with Crippen LogP contribution in [-0.4, -0.2) is 41.9 Å². The maximum absolute atomic E-state index is 13.2. The molecule has 1 atom stereocenters. The van der Waals surface area contributed by atoms with E-state index in [0.29, 0.717) is 24.5 Å². The second-order valence-corrected chi connectivity index (χ2v) is 9.25. The van der Waals surface area contributed by atoms with E-state index in [2.05, 4.69) is 0 Å². The van der Waals surface area contributed by atoms with Crippen molar-refractivity contribution in [2.75, 3.05) is 18.0 Å². The van der Waals surface area contributed by atoms with Crippen LogP contribution in [0.4, 0.5) is 5.69 Å². The lowest BCUT2D eigenvalue weighted by atomic mass is 9.86. The highest BCUT2D eigenvalue weighted by Crippen LogP contribution is 2.43. The highest BCUT2D eigenvalue weighted by atomic mass is 35.5. The molecule has 1 fully saturated rings. The molecule has 0 aliphatic carbocycles. The van der Waals surface area contributed by atoms with Crippen LogP contribution in [0.5, 0.6) is 0 Å². The van der Waals surface area contributed by atoms with E-state index in [1.54, 1.807) is 0 Å². The number of nitrogens with zero attached hydrogens (tertiary/aromatic N) is 2. The summed E-state index contributed by atoms with van der Waals surface area (Å²) in [6, 6.07) is 15.0. The number of hydrogen-bond donors (Lipinski definition) is 1. The summed E-state index contributed by atoms with van der Waals surface area (Å²) in [6.45, 7) is 5.21. The molecule has 0 unspecified atom stereocenters. The first-order valence-corrected chi connectivity index (χ1v) is 10.9. The van der Waals surface area contributed by atoms with Crippen molar-refractivity contribution in [1.82, 2.24) is 4.90 Å². The van der Waals surface area contributed by atoms with Gasteiger partial charge in [-0.25, -0.2) is 0 Å². The molecule has 0 spiro atoms. The number of amides is 2. The smallest absolute Gasteiger partial charge is 0.239 e. The molecular formula is C24H28ClN3O2. The molecule has 30 heavy (non-hydrogen) atoms. The molecule has 6 heteroatoms. The Kier molecular flexibility index (Phi) is 5.60. The van der Waals surface area contributed by atoms with E-state index < -0.39 is 11.5 Å². The zero-order chi connectivity index (χ0) is 21.5. The normalized spacial score (nSPS) is 19.7. The van der Waals surface area contributed by atoms with E-state index in [4.69, 9.17) is 17.3 Å². The van der Waals surface area contributed by atoms with E-state index in [9.17, 15) is 9.59 Å². The molecule has 1 saturated heterocycles. The molecule has 2 N–H and O–H groups in total. The van der Waals surface area contributed by atoms with Crippen LogP contribution >= 0.6 is 11.6 Å². The number of anilines is 1. The zero-order valence-corrected chi connectivity index (χ0v) is 18.2. The Morgan fingerprint density at radius 1 is 1.13 bits per heavy atom. The van der Waals surface area contributed by atoms with Crippen LogP contribution in [0, 0.1) is 0 Å². The van der Waals surface area contributed by atoms with Crippen molar-refractivity contribution < 1.29 is 9.59 Å². The SMILES string of the molecule is CC1(C)C(=O)N(C2CCN(C(=O)[C@@H](N)Cc3ccc(Cl)cc3)CC2)c2ccccc21. The van der Waals surface area contributed by atoms with Gasteiger partial charge in [0.25, 0.3) is 0 Å². The number of carbonyl (C=O) groups excluding carboxylic acids is 2. The average molecular weight is 426 g/mol. The summed E-state index contributed by atoms with van der Waals surface area (Å²) in [5, 5.41) is 0.668. The fraction of sp³-hybridized carbons (Fsp3) is 0.417. The van der Waals surface area contributed by atoms with Crippen molar-refractivity contribution in [3.8, 4) is 0 Å². The molecule has 0 aromatic heterocycles. The van der Waals surface area contributed by atoms with Crippen molar-refractivity contribution in [2.45, 2.75) is 50.6 Å². The number of piperidine rings is 1. The van der Waals surface area contributed by atoms with Crippen molar-refractivity contribution in [3.63, 3.8) is 0 Å². The van der Waals surface area contributed by atoms with Gasteiger partial charge in [-0.05, 0) is 62.4 Å². The van der Waals surface area contributed by atoms with Crippen LogP contribution < -0.4 is 10.6 Å². The average Bonchev–Trinajstić information content (AvgIpc) is 2.95. The number of nitrogens with two attached hydrogens (primary N) is 1. The monoisotopic (exact) mass is 425 g/mol. The van der Waals surface area contributed by atoms with Gasteiger partial charge in [-0.15, -0.1) is 0 Å². The van der Waals surface area contributed by atoms with Gasteiger partial charge in [-0.2, -0.15) is 0 Å². The number of para-hydroxylation sites is 1. The summed E-state index contributed by atoms with van der Waals surface area (Å²) in [4.78, 5) is 29.8. The van der Waals surface area contributed by atoms with Crippen LogP contribution in [0.15, 0.2) is 48.5 Å². The van der Waals surface area contributed by atoms with Gasteiger partial charge in [0, 0.05) is 29.8 Å². The predicted molar refractivity (Wildman–Crippen MR) is 120 cm³/mol. The number of fused-ring (bicyclic) bond motifs is 1. The van der Waals surface area contributed by atoms with E-state index in [1.807, 2.05) is 72.2 Å². The molecule has 0 saturated carbocycles. The van der Waals surface area contributed by atoms with Gasteiger partial charge in [0.2, 0.25) is 11.8 Å². The minimum Gasteiger partial charge on any atom is -0.341 e. The number of likely N-dealkylation sites (tertiary alicyclic amines) is 1. The molecule has 4 rings (SSSR count). The number of carbonyl (C=O) groups is 2.